The van der Waals surface area contributed by atoms with Crippen molar-refractivity contribution in [1.82, 2.24) is 5.32 Å². The van der Waals surface area contributed by atoms with Crippen molar-refractivity contribution in [3.63, 3.8) is 0 Å². The van der Waals surface area contributed by atoms with Crippen molar-refractivity contribution in [1.29, 1.82) is 5.41 Å². The molecule has 0 fully saturated rings. The summed E-state index contributed by atoms with van der Waals surface area (Å²) in [5, 5.41) is 10.1. The van der Waals surface area contributed by atoms with Gasteiger partial charge >= 0.3 is 6.09 Å². The smallest absolute Gasteiger partial charge is 0.407 e. The Morgan fingerprint density at radius 3 is 2.33 bits per heavy atom. The van der Waals surface area contributed by atoms with Crippen LogP contribution in [0.25, 0.3) is 11.1 Å². The summed E-state index contributed by atoms with van der Waals surface area (Å²) in [6, 6.07) is 23.5. The van der Waals surface area contributed by atoms with E-state index < -0.39 is 6.09 Å². The normalized spacial score (nSPS) is 11.6. The summed E-state index contributed by atoms with van der Waals surface area (Å²) in [5.74, 6) is 5.86. The molecule has 1 aliphatic carbocycles. The fourth-order valence-corrected chi connectivity index (χ4v) is 3.68. The highest BCUT2D eigenvalue weighted by molar-refractivity contribution is 5.95. The van der Waals surface area contributed by atoms with Crippen molar-refractivity contribution in [2.45, 2.75) is 5.92 Å². The van der Waals surface area contributed by atoms with Crippen LogP contribution in [-0.4, -0.2) is 25.1 Å². The molecule has 0 saturated heterocycles. The summed E-state index contributed by atoms with van der Waals surface area (Å²) >= 11 is 0. The van der Waals surface area contributed by atoms with E-state index in [-0.39, 0.29) is 24.9 Å². The second-order valence-electron chi connectivity index (χ2n) is 6.98. The molecular weight excluding hydrogens is 374 g/mol. The van der Waals surface area contributed by atoms with Crippen LogP contribution >= 0.6 is 0 Å². The Morgan fingerprint density at radius 2 is 1.67 bits per heavy atom. The summed E-state index contributed by atoms with van der Waals surface area (Å²) in [6.07, 6.45) is -0.497. The molecule has 5 heteroatoms. The van der Waals surface area contributed by atoms with Gasteiger partial charge in [0, 0.05) is 17.0 Å². The lowest BCUT2D eigenvalue weighted by Crippen LogP contribution is -2.26. The molecule has 0 bridgehead atoms. The topological polar surface area (TPSA) is 88.2 Å². The van der Waals surface area contributed by atoms with Crippen LogP contribution in [0.5, 0.6) is 0 Å². The predicted molar refractivity (Wildman–Crippen MR) is 117 cm³/mol. The van der Waals surface area contributed by atoms with E-state index in [1.165, 1.54) is 22.3 Å². The van der Waals surface area contributed by atoms with Crippen molar-refractivity contribution in [2.24, 2.45) is 5.73 Å². The number of benzene rings is 3. The first kappa shape index (κ1) is 19.3. The SMILES string of the molecule is N=C(N)c1cccc(C#CCNC(=O)OCC2c3ccccc3-c3ccccc32)c1. The zero-order valence-corrected chi connectivity index (χ0v) is 16.3. The monoisotopic (exact) mass is 395 g/mol. The first-order chi connectivity index (χ1) is 14.6. The minimum atomic E-state index is -0.497. The number of ether oxygens (including phenoxy) is 1. The van der Waals surface area contributed by atoms with Crippen LogP contribution in [0.1, 0.15) is 28.2 Å². The number of alkyl carbamates (subject to hydrolysis) is 1. The van der Waals surface area contributed by atoms with E-state index in [2.05, 4.69) is 41.4 Å². The number of rotatable bonds is 4. The van der Waals surface area contributed by atoms with Gasteiger partial charge in [-0.25, -0.2) is 4.79 Å². The molecule has 0 radical (unpaired) electrons. The number of nitrogen functional groups attached to an aromatic ring is 1. The predicted octanol–water partition coefficient (Wildman–Crippen LogP) is 3.86. The number of hydrogen-bond donors (Lipinski definition) is 3. The Morgan fingerprint density at radius 1 is 1.00 bits per heavy atom. The number of fused-ring (bicyclic) bond motifs is 3. The number of carbonyl (C=O) groups is 1. The number of nitrogens with two attached hydrogens (primary N) is 1. The number of amides is 1. The lowest BCUT2D eigenvalue weighted by molar-refractivity contribution is 0.144. The highest BCUT2D eigenvalue weighted by Crippen LogP contribution is 2.44. The third kappa shape index (κ3) is 4.03. The number of amidine groups is 1. The van der Waals surface area contributed by atoms with Gasteiger partial charge < -0.3 is 15.8 Å². The highest BCUT2D eigenvalue weighted by atomic mass is 16.5. The average Bonchev–Trinajstić information content (AvgIpc) is 3.09. The van der Waals surface area contributed by atoms with Crippen molar-refractivity contribution < 1.29 is 9.53 Å². The molecule has 0 heterocycles. The van der Waals surface area contributed by atoms with Gasteiger partial charge in [0.25, 0.3) is 0 Å². The Bertz CT molecular complexity index is 1130. The molecule has 0 spiro atoms. The van der Waals surface area contributed by atoms with Crippen LogP contribution in [-0.2, 0) is 4.74 Å². The molecule has 0 saturated carbocycles. The maximum absolute atomic E-state index is 12.1. The molecular formula is C25H21N3O2. The minimum Gasteiger partial charge on any atom is -0.449 e. The third-order valence-electron chi connectivity index (χ3n) is 5.07. The quantitative estimate of drug-likeness (QED) is 0.356. The van der Waals surface area contributed by atoms with Crippen molar-refractivity contribution in [3.8, 4) is 23.0 Å². The summed E-state index contributed by atoms with van der Waals surface area (Å²) in [6.45, 7) is 0.439. The number of nitrogens with one attached hydrogen (secondary N) is 2. The summed E-state index contributed by atoms with van der Waals surface area (Å²) < 4.78 is 5.48. The molecule has 0 aliphatic heterocycles. The fourth-order valence-electron chi connectivity index (χ4n) is 3.68. The molecule has 3 aromatic rings. The average molecular weight is 395 g/mol. The van der Waals surface area contributed by atoms with Crippen LogP contribution in [0, 0.1) is 17.3 Å². The summed E-state index contributed by atoms with van der Waals surface area (Å²) in [5.41, 5.74) is 11.6. The van der Waals surface area contributed by atoms with Crippen LogP contribution in [0.4, 0.5) is 4.79 Å². The molecule has 0 unspecified atom stereocenters. The van der Waals surface area contributed by atoms with Gasteiger partial charge in [-0.3, -0.25) is 5.41 Å². The highest BCUT2D eigenvalue weighted by Gasteiger charge is 2.28. The van der Waals surface area contributed by atoms with Crippen LogP contribution in [0.15, 0.2) is 72.8 Å². The molecule has 5 nitrogen and oxygen atoms in total. The van der Waals surface area contributed by atoms with Crippen molar-refractivity contribution in [3.05, 3.63) is 95.1 Å². The van der Waals surface area contributed by atoms with Gasteiger partial charge in [-0.2, -0.15) is 0 Å². The van der Waals surface area contributed by atoms with E-state index >= 15 is 0 Å². The van der Waals surface area contributed by atoms with E-state index in [9.17, 15) is 4.79 Å². The molecule has 1 aliphatic rings. The fraction of sp³-hybridized carbons (Fsp3) is 0.120. The lowest BCUT2D eigenvalue weighted by Gasteiger charge is -2.14. The molecule has 4 rings (SSSR count). The van der Waals surface area contributed by atoms with E-state index in [0.717, 1.165) is 5.56 Å². The molecule has 30 heavy (non-hydrogen) atoms. The van der Waals surface area contributed by atoms with Crippen LogP contribution < -0.4 is 11.1 Å². The second-order valence-corrected chi connectivity index (χ2v) is 6.98. The number of hydrogen-bond acceptors (Lipinski definition) is 3. The Hall–Kier alpha value is -4.04. The molecule has 3 aromatic carbocycles. The second kappa shape index (κ2) is 8.54. The van der Waals surface area contributed by atoms with Gasteiger partial charge in [0.2, 0.25) is 0 Å². The van der Waals surface area contributed by atoms with E-state index in [0.29, 0.717) is 5.56 Å². The Balaban J connectivity index is 1.34. The third-order valence-corrected chi connectivity index (χ3v) is 5.07. The Labute approximate surface area is 175 Å². The molecule has 4 N–H and O–H groups in total. The van der Waals surface area contributed by atoms with Gasteiger partial charge in [-0.15, -0.1) is 0 Å². The van der Waals surface area contributed by atoms with Crippen molar-refractivity contribution >= 4 is 11.9 Å². The molecule has 0 atom stereocenters. The molecule has 1 amide bonds. The first-order valence-corrected chi connectivity index (χ1v) is 9.65. The van der Waals surface area contributed by atoms with Gasteiger partial charge in [-0.1, -0.05) is 72.5 Å². The molecule has 0 aromatic heterocycles. The first-order valence-electron chi connectivity index (χ1n) is 9.65. The summed E-state index contributed by atoms with van der Waals surface area (Å²) in [7, 11) is 0. The maximum atomic E-state index is 12.1. The largest absolute Gasteiger partial charge is 0.449 e. The van der Waals surface area contributed by atoms with Gasteiger partial charge in [-0.05, 0) is 34.4 Å². The number of carbonyl (C=O) groups excluding carboxylic acids is 1. The summed E-state index contributed by atoms with van der Waals surface area (Å²) in [4.78, 5) is 12.1. The zero-order valence-electron chi connectivity index (χ0n) is 16.3. The Kier molecular flexibility index (Phi) is 5.49. The van der Waals surface area contributed by atoms with Crippen LogP contribution in [0.2, 0.25) is 0 Å². The van der Waals surface area contributed by atoms with Gasteiger partial charge in [0.15, 0.2) is 0 Å². The van der Waals surface area contributed by atoms with Gasteiger partial charge in [0.05, 0.1) is 6.54 Å². The van der Waals surface area contributed by atoms with Crippen molar-refractivity contribution in [2.75, 3.05) is 13.2 Å². The van der Waals surface area contributed by atoms with E-state index in [4.69, 9.17) is 15.9 Å². The van der Waals surface area contributed by atoms with Crippen LogP contribution in [0.3, 0.4) is 0 Å². The van der Waals surface area contributed by atoms with Gasteiger partial charge in [0.1, 0.15) is 12.4 Å². The minimum absolute atomic E-state index is 0.00425. The molecule has 148 valence electrons. The lowest BCUT2D eigenvalue weighted by atomic mass is 9.98. The zero-order chi connectivity index (χ0) is 20.9. The standard InChI is InChI=1S/C25H21N3O2/c26-24(27)18-9-5-7-17(15-18)8-6-14-28-25(29)30-16-23-21-12-3-1-10-19(21)20-11-2-4-13-22(20)23/h1-5,7,9-13,15,23H,14,16H2,(H3,26,27)(H,28,29). The maximum Gasteiger partial charge on any atom is 0.407 e. The van der Waals surface area contributed by atoms with E-state index in [1.54, 1.807) is 18.2 Å². The van der Waals surface area contributed by atoms with E-state index in [1.807, 2.05) is 30.3 Å².